The second kappa shape index (κ2) is 9.08. The highest BCUT2D eigenvalue weighted by atomic mass is 35.5. The average Bonchev–Trinajstić information content (AvgIpc) is 3.15. The number of carbonyl (C=O) groups excluding carboxylic acids is 1. The van der Waals surface area contributed by atoms with Gasteiger partial charge in [0.1, 0.15) is 5.01 Å². The molecule has 7 heteroatoms. The van der Waals surface area contributed by atoms with E-state index in [-0.39, 0.29) is 18.4 Å². The van der Waals surface area contributed by atoms with Crippen molar-refractivity contribution in [3.05, 3.63) is 64.1 Å². The van der Waals surface area contributed by atoms with Crippen LogP contribution in [-0.2, 0) is 11.2 Å². The van der Waals surface area contributed by atoms with Gasteiger partial charge in [-0.25, -0.2) is 4.98 Å². The van der Waals surface area contributed by atoms with E-state index in [0.717, 1.165) is 21.8 Å². The smallest absolute Gasteiger partial charge is 0.226 e. The summed E-state index contributed by atoms with van der Waals surface area (Å²) in [7, 11) is 3.20. The molecule has 1 atom stereocenters. The van der Waals surface area contributed by atoms with Crippen LogP contribution in [0.5, 0.6) is 11.5 Å². The summed E-state index contributed by atoms with van der Waals surface area (Å²) in [6.45, 7) is 1.93. The average molecular weight is 417 g/mol. The largest absolute Gasteiger partial charge is 0.493 e. The molecule has 0 aliphatic carbocycles. The van der Waals surface area contributed by atoms with E-state index >= 15 is 0 Å². The number of benzene rings is 2. The summed E-state index contributed by atoms with van der Waals surface area (Å²) >= 11 is 7.51. The lowest BCUT2D eigenvalue weighted by Gasteiger charge is -2.14. The fourth-order valence-corrected chi connectivity index (χ4v) is 3.82. The molecular formula is C21H21ClN2O3S. The highest BCUT2D eigenvalue weighted by Crippen LogP contribution is 2.33. The predicted octanol–water partition coefficient (Wildman–Crippen LogP) is 4.90. The van der Waals surface area contributed by atoms with Crippen molar-refractivity contribution in [2.45, 2.75) is 19.4 Å². The van der Waals surface area contributed by atoms with Crippen LogP contribution in [0.2, 0.25) is 5.02 Å². The minimum atomic E-state index is -0.129. The van der Waals surface area contributed by atoms with Crippen LogP contribution in [0.1, 0.15) is 24.2 Å². The number of carbonyl (C=O) groups is 1. The van der Waals surface area contributed by atoms with E-state index < -0.39 is 0 Å². The van der Waals surface area contributed by atoms with Crippen LogP contribution in [0.4, 0.5) is 0 Å². The summed E-state index contributed by atoms with van der Waals surface area (Å²) in [5.41, 5.74) is 2.61. The van der Waals surface area contributed by atoms with Crippen molar-refractivity contribution in [3.8, 4) is 22.1 Å². The molecule has 1 amide bonds. The van der Waals surface area contributed by atoms with Gasteiger partial charge in [-0.3, -0.25) is 4.79 Å². The second-order valence-corrected chi connectivity index (χ2v) is 7.53. The number of thiazole rings is 1. The van der Waals surface area contributed by atoms with E-state index in [0.29, 0.717) is 16.5 Å². The molecule has 0 radical (unpaired) electrons. The van der Waals surface area contributed by atoms with Crippen LogP contribution in [0, 0.1) is 0 Å². The summed E-state index contributed by atoms with van der Waals surface area (Å²) in [5.74, 6) is 1.22. The van der Waals surface area contributed by atoms with Crippen LogP contribution >= 0.6 is 22.9 Å². The lowest BCUT2D eigenvalue weighted by atomic mass is 10.1. The molecule has 0 bridgehead atoms. The van der Waals surface area contributed by atoms with Crippen molar-refractivity contribution < 1.29 is 14.3 Å². The topological polar surface area (TPSA) is 60.5 Å². The molecule has 0 saturated heterocycles. The summed E-state index contributed by atoms with van der Waals surface area (Å²) in [4.78, 5) is 17.0. The van der Waals surface area contributed by atoms with E-state index in [2.05, 4.69) is 10.3 Å². The van der Waals surface area contributed by atoms with Crippen molar-refractivity contribution in [3.63, 3.8) is 0 Å². The molecule has 3 rings (SSSR count). The van der Waals surface area contributed by atoms with Gasteiger partial charge < -0.3 is 14.8 Å². The molecule has 5 nitrogen and oxygen atoms in total. The maximum absolute atomic E-state index is 12.4. The Labute approximate surface area is 173 Å². The number of aromatic nitrogens is 1. The molecule has 0 saturated carbocycles. The summed E-state index contributed by atoms with van der Waals surface area (Å²) in [6, 6.07) is 13.0. The third-order valence-electron chi connectivity index (χ3n) is 4.25. The molecule has 2 aromatic carbocycles. The van der Waals surface area contributed by atoms with E-state index in [1.165, 1.54) is 11.3 Å². The maximum atomic E-state index is 12.4. The number of nitrogens with one attached hydrogen (secondary N) is 1. The first-order valence-corrected chi connectivity index (χ1v) is 9.97. The van der Waals surface area contributed by atoms with Gasteiger partial charge in [-0.1, -0.05) is 23.7 Å². The zero-order valence-corrected chi connectivity index (χ0v) is 17.4. The van der Waals surface area contributed by atoms with Crippen molar-refractivity contribution in [2.75, 3.05) is 14.2 Å². The quantitative estimate of drug-likeness (QED) is 0.595. The predicted molar refractivity (Wildman–Crippen MR) is 112 cm³/mol. The summed E-state index contributed by atoms with van der Waals surface area (Å²) in [5, 5.41) is 6.36. The van der Waals surface area contributed by atoms with E-state index in [4.69, 9.17) is 21.1 Å². The molecule has 0 aliphatic rings. The Balaban J connectivity index is 1.66. The molecule has 28 heavy (non-hydrogen) atoms. The SMILES string of the molecule is COc1ccc(-c2nc(CC(=O)NC(C)c3cccc(Cl)c3)cs2)cc1OC. The molecule has 146 valence electrons. The van der Waals surface area contributed by atoms with Crippen LogP contribution < -0.4 is 14.8 Å². The van der Waals surface area contributed by atoms with Crippen molar-refractivity contribution in [1.82, 2.24) is 10.3 Å². The van der Waals surface area contributed by atoms with Gasteiger partial charge in [-0.15, -0.1) is 11.3 Å². The van der Waals surface area contributed by atoms with Crippen LogP contribution in [0.15, 0.2) is 47.8 Å². The first-order valence-electron chi connectivity index (χ1n) is 8.71. The first kappa shape index (κ1) is 20.2. The molecule has 1 aromatic heterocycles. The van der Waals surface area contributed by atoms with Gasteiger partial charge in [0.15, 0.2) is 11.5 Å². The molecule has 3 aromatic rings. The third-order valence-corrected chi connectivity index (χ3v) is 5.43. The van der Waals surface area contributed by atoms with Crippen molar-refractivity contribution in [1.29, 1.82) is 0 Å². The molecule has 1 N–H and O–H groups in total. The normalized spacial score (nSPS) is 11.7. The number of halogens is 1. The summed E-state index contributed by atoms with van der Waals surface area (Å²) < 4.78 is 10.6. The molecule has 0 spiro atoms. The number of ether oxygens (including phenoxy) is 2. The van der Waals surface area contributed by atoms with Gasteiger partial charge >= 0.3 is 0 Å². The van der Waals surface area contributed by atoms with Crippen molar-refractivity contribution in [2.24, 2.45) is 0 Å². The number of rotatable bonds is 7. The van der Waals surface area contributed by atoms with Crippen LogP contribution in [0.3, 0.4) is 0 Å². The Morgan fingerprint density at radius 1 is 1.18 bits per heavy atom. The number of nitrogens with zero attached hydrogens (tertiary/aromatic N) is 1. The van der Waals surface area contributed by atoms with Gasteiger partial charge in [-0.05, 0) is 42.8 Å². The fraction of sp³-hybridized carbons (Fsp3) is 0.238. The van der Waals surface area contributed by atoms with Gasteiger partial charge in [0.05, 0.1) is 32.4 Å². The highest BCUT2D eigenvalue weighted by Gasteiger charge is 2.14. The van der Waals surface area contributed by atoms with Crippen molar-refractivity contribution >= 4 is 28.8 Å². The van der Waals surface area contributed by atoms with Gasteiger partial charge in [0.25, 0.3) is 0 Å². The minimum Gasteiger partial charge on any atom is -0.493 e. The molecule has 0 fully saturated rings. The maximum Gasteiger partial charge on any atom is 0.226 e. The van der Waals surface area contributed by atoms with Gasteiger partial charge in [0.2, 0.25) is 5.91 Å². The van der Waals surface area contributed by atoms with E-state index in [1.807, 2.05) is 54.8 Å². The van der Waals surface area contributed by atoms with Crippen LogP contribution in [-0.4, -0.2) is 25.1 Å². The fourth-order valence-electron chi connectivity index (χ4n) is 2.81. The zero-order chi connectivity index (χ0) is 20.1. The zero-order valence-electron chi connectivity index (χ0n) is 15.9. The molecule has 1 heterocycles. The number of amides is 1. The number of hydrogen-bond donors (Lipinski definition) is 1. The third kappa shape index (κ3) is 4.82. The number of hydrogen-bond acceptors (Lipinski definition) is 5. The first-order chi connectivity index (χ1) is 13.5. The Hall–Kier alpha value is -2.57. The second-order valence-electron chi connectivity index (χ2n) is 6.23. The van der Waals surface area contributed by atoms with E-state index in [9.17, 15) is 4.79 Å². The lowest BCUT2D eigenvalue weighted by Crippen LogP contribution is -2.28. The Morgan fingerprint density at radius 2 is 1.96 bits per heavy atom. The van der Waals surface area contributed by atoms with Gasteiger partial charge in [-0.2, -0.15) is 0 Å². The number of methoxy groups -OCH3 is 2. The Bertz CT molecular complexity index is 974. The molecular weight excluding hydrogens is 396 g/mol. The lowest BCUT2D eigenvalue weighted by molar-refractivity contribution is -0.121. The standard InChI is InChI=1S/C21H21ClN2O3S/c1-13(14-5-4-6-16(22)9-14)23-20(25)11-17-12-28-21(24-17)15-7-8-18(26-2)19(10-15)27-3/h4-10,12-13H,11H2,1-3H3,(H,23,25). The minimum absolute atomic E-state index is 0.0864. The molecule has 0 aliphatic heterocycles. The van der Waals surface area contributed by atoms with Gasteiger partial charge in [0, 0.05) is 16.0 Å². The molecule has 1 unspecified atom stereocenters. The van der Waals surface area contributed by atoms with Crippen LogP contribution in [0.25, 0.3) is 10.6 Å². The monoisotopic (exact) mass is 416 g/mol. The highest BCUT2D eigenvalue weighted by molar-refractivity contribution is 7.13. The Morgan fingerprint density at radius 3 is 2.68 bits per heavy atom. The van der Waals surface area contributed by atoms with E-state index in [1.54, 1.807) is 14.2 Å². The Kier molecular flexibility index (Phi) is 6.54. The summed E-state index contributed by atoms with van der Waals surface area (Å²) in [6.07, 6.45) is 0.217.